The van der Waals surface area contributed by atoms with Crippen molar-refractivity contribution in [3.8, 4) is 11.3 Å². The number of aromatic amines is 1. The van der Waals surface area contributed by atoms with Crippen molar-refractivity contribution < 1.29 is 4.79 Å². The van der Waals surface area contributed by atoms with Crippen molar-refractivity contribution in [1.82, 2.24) is 20.4 Å². The van der Waals surface area contributed by atoms with Crippen molar-refractivity contribution in [1.29, 1.82) is 0 Å². The average molecular weight is 362 g/mol. The van der Waals surface area contributed by atoms with E-state index in [1.54, 1.807) is 6.20 Å². The minimum absolute atomic E-state index is 0.0501. The van der Waals surface area contributed by atoms with Gasteiger partial charge in [-0.25, -0.2) is 0 Å². The highest BCUT2D eigenvalue weighted by Gasteiger charge is 2.26. The molecular weight excluding hydrogens is 340 g/mol. The van der Waals surface area contributed by atoms with E-state index in [1.807, 2.05) is 49.4 Å². The summed E-state index contributed by atoms with van der Waals surface area (Å²) in [6.07, 6.45) is 3.57. The van der Waals surface area contributed by atoms with Gasteiger partial charge in [0.1, 0.15) is 0 Å². The van der Waals surface area contributed by atoms with Crippen LogP contribution in [0.4, 0.5) is 11.5 Å². The molecule has 1 atom stereocenters. The lowest BCUT2D eigenvalue weighted by Gasteiger charge is -2.32. The molecule has 1 fully saturated rings. The number of carbonyl (C=O) groups excluding carboxylic acids is 1. The summed E-state index contributed by atoms with van der Waals surface area (Å²) in [5.74, 6) is 0.824. The number of carbonyl (C=O) groups is 1. The number of anilines is 2. The fourth-order valence-corrected chi connectivity index (χ4v) is 3.35. The van der Waals surface area contributed by atoms with Crippen molar-refractivity contribution in [2.45, 2.75) is 19.8 Å². The van der Waals surface area contributed by atoms with Crippen LogP contribution in [0.5, 0.6) is 0 Å². The van der Waals surface area contributed by atoms with Crippen molar-refractivity contribution in [2.75, 3.05) is 23.3 Å². The number of amides is 1. The Balaban J connectivity index is 1.39. The van der Waals surface area contributed by atoms with Gasteiger partial charge < -0.3 is 10.2 Å². The zero-order valence-electron chi connectivity index (χ0n) is 15.2. The molecule has 4 rings (SSSR count). The van der Waals surface area contributed by atoms with Crippen LogP contribution in [0.25, 0.3) is 11.3 Å². The minimum Gasteiger partial charge on any atom is -0.354 e. The van der Waals surface area contributed by atoms with Crippen LogP contribution in [0.2, 0.25) is 0 Å². The number of piperidine rings is 1. The first-order chi connectivity index (χ1) is 13.2. The summed E-state index contributed by atoms with van der Waals surface area (Å²) >= 11 is 0. The standard InChI is InChI=1S/C20H22N6O/c1-14-4-9-19(25-23-14)26-12-2-3-16(13-26)20(27)22-17-7-5-15(6-8-17)18-10-11-21-24-18/h4-11,16H,2-3,12-13H2,1H3,(H,21,24)(H,22,27). The predicted octanol–water partition coefficient (Wildman–Crippen LogP) is 3.03. The van der Waals surface area contributed by atoms with Gasteiger partial charge in [-0.1, -0.05) is 12.1 Å². The van der Waals surface area contributed by atoms with Crippen LogP contribution < -0.4 is 10.2 Å². The van der Waals surface area contributed by atoms with Gasteiger partial charge in [0.2, 0.25) is 5.91 Å². The van der Waals surface area contributed by atoms with E-state index in [-0.39, 0.29) is 11.8 Å². The van der Waals surface area contributed by atoms with Gasteiger partial charge in [-0.3, -0.25) is 9.89 Å². The second-order valence-corrected chi connectivity index (χ2v) is 6.85. The lowest BCUT2D eigenvalue weighted by Crippen LogP contribution is -2.41. The molecule has 1 saturated heterocycles. The molecule has 0 radical (unpaired) electrons. The van der Waals surface area contributed by atoms with Crippen LogP contribution in [-0.2, 0) is 4.79 Å². The SMILES string of the molecule is Cc1ccc(N2CCCC(C(=O)Nc3ccc(-c4ccn[nH]4)cc3)C2)nn1. The van der Waals surface area contributed by atoms with Crippen molar-refractivity contribution >= 4 is 17.4 Å². The number of hydrogen-bond acceptors (Lipinski definition) is 5. The Bertz CT molecular complexity index is 889. The van der Waals surface area contributed by atoms with Gasteiger partial charge in [0.15, 0.2) is 5.82 Å². The largest absolute Gasteiger partial charge is 0.354 e. The fraction of sp³-hybridized carbons (Fsp3) is 0.300. The molecule has 0 aliphatic carbocycles. The molecule has 138 valence electrons. The lowest BCUT2D eigenvalue weighted by molar-refractivity contribution is -0.120. The third kappa shape index (κ3) is 3.97. The monoisotopic (exact) mass is 362 g/mol. The second kappa shape index (κ2) is 7.57. The first-order valence-corrected chi connectivity index (χ1v) is 9.15. The highest BCUT2D eigenvalue weighted by Crippen LogP contribution is 2.24. The Morgan fingerprint density at radius 3 is 2.70 bits per heavy atom. The number of aryl methyl sites for hydroxylation is 1. The highest BCUT2D eigenvalue weighted by atomic mass is 16.1. The molecule has 1 amide bonds. The van der Waals surface area contributed by atoms with Gasteiger partial charge >= 0.3 is 0 Å². The van der Waals surface area contributed by atoms with E-state index in [9.17, 15) is 4.79 Å². The normalized spacial score (nSPS) is 16.9. The molecule has 0 spiro atoms. The molecule has 7 nitrogen and oxygen atoms in total. The number of benzene rings is 1. The van der Waals surface area contributed by atoms with Crippen molar-refractivity contribution in [2.24, 2.45) is 5.92 Å². The molecular formula is C20H22N6O. The Kier molecular flexibility index (Phi) is 4.82. The number of rotatable bonds is 4. The smallest absolute Gasteiger partial charge is 0.229 e. The zero-order chi connectivity index (χ0) is 18.6. The van der Waals surface area contributed by atoms with E-state index in [0.29, 0.717) is 6.54 Å². The van der Waals surface area contributed by atoms with Crippen LogP contribution in [0.15, 0.2) is 48.7 Å². The highest BCUT2D eigenvalue weighted by molar-refractivity contribution is 5.93. The number of nitrogens with one attached hydrogen (secondary N) is 2. The van der Waals surface area contributed by atoms with E-state index in [1.165, 1.54) is 0 Å². The van der Waals surface area contributed by atoms with Crippen LogP contribution in [0, 0.1) is 12.8 Å². The Hall–Kier alpha value is -3.22. The third-order valence-electron chi connectivity index (χ3n) is 4.86. The van der Waals surface area contributed by atoms with Crippen LogP contribution in [-0.4, -0.2) is 39.4 Å². The molecule has 0 bridgehead atoms. The molecule has 0 saturated carbocycles. The van der Waals surface area contributed by atoms with Crippen LogP contribution in [0.3, 0.4) is 0 Å². The lowest BCUT2D eigenvalue weighted by atomic mass is 9.97. The van der Waals surface area contributed by atoms with E-state index >= 15 is 0 Å². The number of nitrogens with zero attached hydrogens (tertiary/aromatic N) is 4. The zero-order valence-corrected chi connectivity index (χ0v) is 15.2. The molecule has 2 N–H and O–H groups in total. The molecule has 2 aromatic heterocycles. The Morgan fingerprint density at radius 1 is 1.15 bits per heavy atom. The molecule has 3 heterocycles. The predicted molar refractivity (Wildman–Crippen MR) is 104 cm³/mol. The van der Waals surface area contributed by atoms with Crippen LogP contribution >= 0.6 is 0 Å². The quantitative estimate of drug-likeness (QED) is 0.745. The summed E-state index contributed by atoms with van der Waals surface area (Å²) in [6.45, 7) is 3.48. The maximum Gasteiger partial charge on any atom is 0.229 e. The third-order valence-corrected chi connectivity index (χ3v) is 4.86. The topological polar surface area (TPSA) is 86.8 Å². The number of hydrogen-bond donors (Lipinski definition) is 2. The minimum atomic E-state index is -0.0610. The first kappa shape index (κ1) is 17.2. The maximum atomic E-state index is 12.7. The van der Waals surface area contributed by atoms with E-state index in [2.05, 4.69) is 30.6 Å². The van der Waals surface area contributed by atoms with Gasteiger partial charge in [0, 0.05) is 25.0 Å². The maximum absolute atomic E-state index is 12.7. The summed E-state index contributed by atoms with van der Waals surface area (Å²) in [5, 5.41) is 18.3. The average Bonchev–Trinajstić information content (AvgIpc) is 3.24. The molecule has 7 heteroatoms. The fourth-order valence-electron chi connectivity index (χ4n) is 3.35. The number of H-pyrrole nitrogens is 1. The molecule has 1 aliphatic heterocycles. The van der Waals surface area contributed by atoms with Crippen molar-refractivity contribution in [3.63, 3.8) is 0 Å². The molecule has 1 aliphatic rings. The van der Waals surface area contributed by atoms with E-state index in [0.717, 1.165) is 47.8 Å². The Labute approximate surface area is 157 Å². The summed E-state index contributed by atoms with van der Waals surface area (Å²) in [6, 6.07) is 13.6. The van der Waals surface area contributed by atoms with Gasteiger partial charge in [0.05, 0.1) is 17.3 Å². The first-order valence-electron chi connectivity index (χ1n) is 9.15. The van der Waals surface area contributed by atoms with Gasteiger partial charge in [-0.05, 0) is 55.7 Å². The summed E-state index contributed by atoms with van der Waals surface area (Å²) in [5.41, 5.74) is 3.68. The van der Waals surface area contributed by atoms with Gasteiger partial charge in [0.25, 0.3) is 0 Å². The number of aromatic nitrogens is 4. The van der Waals surface area contributed by atoms with Gasteiger partial charge in [-0.15, -0.1) is 5.10 Å². The van der Waals surface area contributed by atoms with Gasteiger partial charge in [-0.2, -0.15) is 10.2 Å². The molecule has 1 unspecified atom stereocenters. The summed E-state index contributed by atoms with van der Waals surface area (Å²) < 4.78 is 0. The van der Waals surface area contributed by atoms with Crippen LogP contribution in [0.1, 0.15) is 18.5 Å². The summed E-state index contributed by atoms with van der Waals surface area (Å²) in [4.78, 5) is 14.9. The molecule has 1 aromatic carbocycles. The van der Waals surface area contributed by atoms with E-state index < -0.39 is 0 Å². The second-order valence-electron chi connectivity index (χ2n) is 6.85. The van der Waals surface area contributed by atoms with E-state index in [4.69, 9.17) is 0 Å². The molecule has 3 aromatic rings. The Morgan fingerprint density at radius 2 is 2.00 bits per heavy atom. The molecule has 27 heavy (non-hydrogen) atoms. The van der Waals surface area contributed by atoms with Crippen molar-refractivity contribution in [3.05, 3.63) is 54.4 Å². The summed E-state index contributed by atoms with van der Waals surface area (Å²) in [7, 11) is 0.